The van der Waals surface area contributed by atoms with Crippen molar-refractivity contribution in [3.8, 4) is 0 Å². The number of amides is 1. The van der Waals surface area contributed by atoms with Crippen LogP contribution in [0.4, 0.5) is 5.69 Å². The van der Waals surface area contributed by atoms with Crippen LogP contribution in [-0.4, -0.2) is 34.9 Å². The van der Waals surface area contributed by atoms with E-state index in [2.05, 4.69) is 0 Å². The van der Waals surface area contributed by atoms with Crippen molar-refractivity contribution in [2.75, 3.05) is 13.2 Å². The quantitative estimate of drug-likeness (QED) is 0.475. The topological polar surface area (TPSA) is 89.8 Å². The highest BCUT2D eigenvalue weighted by Gasteiger charge is 2.25. The molecule has 0 N–H and O–H groups in total. The number of non-ortho nitro benzene ring substituents is 1. The number of benzene rings is 1. The number of nitrogens with zero attached hydrogens (tertiary/aromatic N) is 2. The number of thiophene rings is 1. The molecule has 0 aliphatic carbocycles. The normalized spacial score (nSPS) is 13.2. The third-order valence-electron chi connectivity index (χ3n) is 3.98. The van der Waals surface area contributed by atoms with Crippen molar-refractivity contribution in [2.24, 2.45) is 0 Å². The highest BCUT2D eigenvalue weighted by molar-refractivity contribution is 7.10. The Kier molecular flexibility index (Phi) is 4.80. The molecule has 0 fully saturated rings. The number of hydrogen-bond donors (Lipinski definition) is 0. The molecule has 25 heavy (non-hydrogen) atoms. The van der Waals surface area contributed by atoms with Crippen molar-refractivity contribution in [1.82, 2.24) is 4.90 Å². The molecule has 1 aromatic heterocycles. The van der Waals surface area contributed by atoms with Crippen molar-refractivity contribution in [3.05, 3.63) is 61.3 Å². The summed E-state index contributed by atoms with van der Waals surface area (Å²) in [6, 6.07) is 5.67. The second-order valence-corrected chi connectivity index (χ2v) is 6.59. The molecular weight excluding hydrogens is 344 g/mol. The summed E-state index contributed by atoms with van der Waals surface area (Å²) < 4.78 is 4.89. The summed E-state index contributed by atoms with van der Waals surface area (Å²) in [5, 5.41) is 13.1. The molecule has 2 heterocycles. The van der Waals surface area contributed by atoms with E-state index in [0.717, 1.165) is 18.1 Å². The van der Waals surface area contributed by atoms with Crippen LogP contribution in [0.3, 0.4) is 0 Å². The number of hydrogen-bond acceptors (Lipinski definition) is 6. The number of carbonyl (C=O) groups is 2. The number of ether oxygens (including phenoxy) is 1. The lowest BCUT2D eigenvalue weighted by Gasteiger charge is -2.27. The van der Waals surface area contributed by atoms with Crippen LogP contribution in [0.15, 0.2) is 29.6 Å². The van der Waals surface area contributed by atoms with Gasteiger partial charge in [-0.2, -0.15) is 0 Å². The van der Waals surface area contributed by atoms with Crippen LogP contribution in [0.2, 0.25) is 0 Å². The lowest BCUT2D eigenvalue weighted by atomic mass is 10.1. The second kappa shape index (κ2) is 7.02. The smallest absolute Gasteiger partial charge is 0.338 e. The summed E-state index contributed by atoms with van der Waals surface area (Å²) in [6.45, 7) is 2.81. The van der Waals surface area contributed by atoms with Gasteiger partial charge in [-0.15, -0.1) is 11.3 Å². The zero-order valence-electron chi connectivity index (χ0n) is 13.6. The summed E-state index contributed by atoms with van der Waals surface area (Å²) in [4.78, 5) is 38.2. The number of rotatable bonds is 4. The molecule has 1 aliphatic heterocycles. The van der Waals surface area contributed by atoms with Gasteiger partial charge in [-0.05, 0) is 36.4 Å². The average molecular weight is 360 g/mol. The Morgan fingerprint density at radius 2 is 2.08 bits per heavy atom. The number of nitro groups is 1. The zero-order valence-corrected chi connectivity index (χ0v) is 14.4. The van der Waals surface area contributed by atoms with Gasteiger partial charge in [0.25, 0.3) is 11.6 Å². The Labute approximate surface area is 148 Å². The Balaban J connectivity index is 1.91. The molecule has 0 atom stereocenters. The Hall–Kier alpha value is -2.74. The fourth-order valence-electron chi connectivity index (χ4n) is 2.78. The van der Waals surface area contributed by atoms with Crippen LogP contribution in [-0.2, 0) is 17.7 Å². The molecule has 0 unspecified atom stereocenters. The maximum Gasteiger partial charge on any atom is 0.338 e. The van der Waals surface area contributed by atoms with Gasteiger partial charge in [0.05, 0.1) is 17.1 Å². The maximum atomic E-state index is 12.8. The molecule has 1 aliphatic rings. The van der Waals surface area contributed by atoms with E-state index in [0.29, 0.717) is 13.1 Å². The number of esters is 1. The standard InChI is InChI=1S/C17H16N2O5S/c1-2-24-17(21)13-7-12(8-14(9-13)19(22)23)16(20)18-5-3-15-11(10-18)4-6-25-15/h4,6-9H,2-3,5,10H2,1H3. The predicted octanol–water partition coefficient (Wildman–Crippen LogP) is 3.03. The van der Waals surface area contributed by atoms with Gasteiger partial charge < -0.3 is 9.64 Å². The number of nitro benzene ring substituents is 1. The molecule has 8 heteroatoms. The van der Waals surface area contributed by atoms with Crippen LogP contribution < -0.4 is 0 Å². The van der Waals surface area contributed by atoms with E-state index >= 15 is 0 Å². The summed E-state index contributed by atoms with van der Waals surface area (Å²) in [6.07, 6.45) is 0.762. The maximum absolute atomic E-state index is 12.8. The predicted molar refractivity (Wildman–Crippen MR) is 91.8 cm³/mol. The minimum absolute atomic E-state index is 0.00707. The molecule has 2 aromatic rings. The van der Waals surface area contributed by atoms with Gasteiger partial charge >= 0.3 is 5.97 Å². The summed E-state index contributed by atoms with van der Waals surface area (Å²) in [7, 11) is 0. The number of carbonyl (C=O) groups excluding carboxylic acids is 2. The van der Waals surface area contributed by atoms with Crippen LogP contribution in [0, 0.1) is 10.1 Å². The lowest BCUT2D eigenvalue weighted by molar-refractivity contribution is -0.384. The zero-order chi connectivity index (χ0) is 18.0. The van der Waals surface area contributed by atoms with E-state index in [1.54, 1.807) is 23.2 Å². The first-order valence-electron chi connectivity index (χ1n) is 7.80. The third kappa shape index (κ3) is 3.53. The molecule has 0 bridgehead atoms. The molecule has 0 saturated heterocycles. The molecule has 7 nitrogen and oxygen atoms in total. The fourth-order valence-corrected chi connectivity index (χ4v) is 3.67. The van der Waals surface area contributed by atoms with Gasteiger partial charge in [-0.3, -0.25) is 14.9 Å². The summed E-state index contributed by atoms with van der Waals surface area (Å²) in [5.74, 6) is -1.01. The Morgan fingerprint density at radius 3 is 2.80 bits per heavy atom. The van der Waals surface area contributed by atoms with Crippen molar-refractivity contribution >= 4 is 28.9 Å². The van der Waals surface area contributed by atoms with Crippen LogP contribution in [0.1, 0.15) is 38.1 Å². The van der Waals surface area contributed by atoms with Crippen molar-refractivity contribution < 1.29 is 19.2 Å². The van der Waals surface area contributed by atoms with Crippen molar-refractivity contribution in [3.63, 3.8) is 0 Å². The Morgan fingerprint density at radius 1 is 1.32 bits per heavy atom. The highest BCUT2D eigenvalue weighted by Crippen LogP contribution is 2.26. The fraction of sp³-hybridized carbons (Fsp3) is 0.294. The minimum Gasteiger partial charge on any atom is -0.462 e. The van der Waals surface area contributed by atoms with Crippen LogP contribution in [0.25, 0.3) is 0 Å². The van der Waals surface area contributed by atoms with Crippen molar-refractivity contribution in [1.29, 1.82) is 0 Å². The number of fused-ring (bicyclic) bond motifs is 1. The van der Waals surface area contributed by atoms with Gasteiger partial charge in [-0.25, -0.2) is 4.79 Å². The molecule has 0 spiro atoms. The summed E-state index contributed by atoms with van der Waals surface area (Å²) >= 11 is 1.66. The van der Waals surface area contributed by atoms with E-state index in [1.807, 2.05) is 11.4 Å². The molecular formula is C17H16N2O5S. The van der Waals surface area contributed by atoms with Gasteiger partial charge in [0.2, 0.25) is 0 Å². The lowest BCUT2D eigenvalue weighted by Crippen LogP contribution is -2.35. The average Bonchev–Trinajstić information content (AvgIpc) is 3.08. The minimum atomic E-state index is -0.681. The van der Waals surface area contributed by atoms with E-state index in [9.17, 15) is 19.7 Å². The van der Waals surface area contributed by atoms with Gasteiger partial charge in [0.15, 0.2) is 0 Å². The molecule has 1 amide bonds. The molecule has 0 saturated carbocycles. The van der Waals surface area contributed by atoms with Crippen LogP contribution in [0.5, 0.6) is 0 Å². The monoisotopic (exact) mass is 360 g/mol. The molecule has 3 rings (SSSR count). The van der Waals surface area contributed by atoms with Gasteiger partial charge in [-0.1, -0.05) is 0 Å². The largest absolute Gasteiger partial charge is 0.462 e. The Bertz CT molecular complexity index is 845. The van der Waals surface area contributed by atoms with E-state index < -0.39 is 10.9 Å². The first-order chi connectivity index (χ1) is 12.0. The second-order valence-electron chi connectivity index (χ2n) is 5.59. The third-order valence-corrected chi connectivity index (χ3v) is 5.00. The summed E-state index contributed by atoms with van der Waals surface area (Å²) in [5.41, 5.74) is 0.923. The van der Waals surface area contributed by atoms with Gasteiger partial charge in [0, 0.05) is 35.7 Å². The van der Waals surface area contributed by atoms with E-state index in [4.69, 9.17) is 4.74 Å². The highest BCUT2D eigenvalue weighted by atomic mass is 32.1. The van der Waals surface area contributed by atoms with E-state index in [-0.39, 0.29) is 29.3 Å². The molecule has 1 aromatic carbocycles. The van der Waals surface area contributed by atoms with Crippen molar-refractivity contribution in [2.45, 2.75) is 19.9 Å². The molecule has 0 radical (unpaired) electrons. The SMILES string of the molecule is CCOC(=O)c1cc(C(=O)N2CCc3sccc3C2)cc([N+](=O)[O-])c1. The molecule has 130 valence electrons. The van der Waals surface area contributed by atoms with Gasteiger partial charge in [0.1, 0.15) is 0 Å². The first kappa shape index (κ1) is 17.1. The van der Waals surface area contributed by atoms with Crippen LogP contribution >= 0.6 is 11.3 Å². The van der Waals surface area contributed by atoms with E-state index in [1.165, 1.54) is 17.0 Å². The first-order valence-corrected chi connectivity index (χ1v) is 8.68.